The van der Waals surface area contributed by atoms with Crippen molar-refractivity contribution in [2.45, 2.75) is 62.5 Å². The molecule has 0 amide bonds. The van der Waals surface area contributed by atoms with Gasteiger partial charge in [0, 0.05) is 0 Å². The summed E-state index contributed by atoms with van der Waals surface area (Å²) in [5, 5.41) is 1.54. The van der Waals surface area contributed by atoms with Gasteiger partial charge in [0.05, 0.1) is 0 Å². The normalized spacial score (nSPS) is 13.7. The van der Waals surface area contributed by atoms with E-state index < -0.39 is 21.0 Å². The molecule has 0 N–H and O–H groups in total. The average molecular weight is 827 g/mol. The van der Waals surface area contributed by atoms with Gasteiger partial charge >= 0.3 is 271 Å². The molecule has 0 bridgehead atoms. The van der Waals surface area contributed by atoms with E-state index in [9.17, 15) is 0 Å². The molecule has 0 saturated carbocycles. The maximum atomic E-state index is 6.44. The van der Waals surface area contributed by atoms with E-state index in [1.165, 1.54) is 47.8 Å². The van der Waals surface area contributed by atoms with Gasteiger partial charge in [-0.25, -0.2) is 0 Å². The Balaban J connectivity index is 0.00000221. The smallest absolute Gasteiger partial charge is 1.00 e. The van der Waals surface area contributed by atoms with Crippen molar-refractivity contribution in [3.8, 4) is 11.1 Å². The summed E-state index contributed by atoms with van der Waals surface area (Å²) < 4.78 is 3.54. The summed E-state index contributed by atoms with van der Waals surface area (Å²) in [6, 6.07) is 31.7. The molecular weight excluding hydrogens is 789 g/mol. The molecular formula is C39H38Cl4Hf. The van der Waals surface area contributed by atoms with E-state index in [1.54, 1.807) is 3.33 Å². The minimum atomic E-state index is -3.03. The zero-order chi connectivity index (χ0) is 29.8. The molecule has 6 rings (SSSR count). The van der Waals surface area contributed by atoms with Crippen LogP contribution in [0.25, 0.3) is 11.1 Å². The van der Waals surface area contributed by atoms with Crippen molar-refractivity contribution >= 4 is 26.5 Å². The Morgan fingerprint density at radius 3 is 1.43 bits per heavy atom. The number of benzene rings is 4. The van der Waals surface area contributed by atoms with Crippen LogP contribution in [0.3, 0.4) is 0 Å². The number of halogens is 4. The van der Waals surface area contributed by atoms with E-state index in [-0.39, 0.29) is 35.6 Å². The first kappa shape index (κ1) is 35.1. The molecule has 0 radical (unpaired) electrons. The summed E-state index contributed by atoms with van der Waals surface area (Å²) in [5.74, 6) is 0. The molecule has 4 aromatic carbocycles. The molecule has 4 aromatic rings. The van der Waals surface area contributed by atoms with Gasteiger partial charge in [-0.3, -0.25) is 0 Å². The second kappa shape index (κ2) is 13.5. The third-order valence-corrected chi connectivity index (χ3v) is 21.3. The molecule has 2 aliphatic carbocycles. The summed E-state index contributed by atoms with van der Waals surface area (Å²) in [6.07, 6.45) is 8.09. The van der Waals surface area contributed by atoms with Crippen molar-refractivity contribution in [1.82, 2.24) is 0 Å². The average Bonchev–Trinajstić information content (AvgIpc) is 3.58. The van der Waals surface area contributed by atoms with Gasteiger partial charge in [-0.2, -0.15) is 0 Å². The van der Waals surface area contributed by atoms with Crippen LogP contribution in [0.1, 0.15) is 85.0 Å². The standard InChI is InChI=1S/C21H25.C13H8Cl2.C5H5.2ClH.Hf/c1-20(2,3)16-7-9-18-14(12-16)11-15-13-17(21(4,5)6)8-10-19(15)18;14-12-5-1-10(2-6-12)9-11-3-7-13(15)8-4-11;1-2-4-5-3-1;;;/h7-13H,1-6H3;1-8H;1-3H,4H2;2*1H;/q;;;;;+2/p-2. The predicted octanol–water partition coefficient (Wildman–Crippen LogP) is 5.40. The van der Waals surface area contributed by atoms with Gasteiger partial charge < -0.3 is 24.8 Å². The topological polar surface area (TPSA) is 0 Å². The number of fused-ring (bicyclic) bond motifs is 3. The molecule has 0 fully saturated rings. The van der Waals surface area contributed by atoms with Crippen LogP contribution in [0.5, 0.6) is 0 Å². The molecule has 226 valence electrons. The molecule has 2 aliphatic rings. The van der Waals surface area contributed by atoms with Crippen LogP contribution in [-0.2, 0) is 31.8 Å². The van der Waals surface area contributed by atoms with E-state index in [2.05, 4.69) is 120 Å². The summed E-state index contributed by atoms with van der Waals surface area (Å²) in [5.41, 5.74) is 11.4. The van der Waals surface area contributed by atoms with Gasteiger partial charge in [-0.15, -0.1) is 0 Å². The molecule has 44 heavy (non-hydrogen) atoms. The van der Waals surface area contributed by atoms with Crippen LogP contribution in [0, 0.1) is 0 Å². The first-order chi connectivity index (χ1) is 19.9. The van der Waals surface area contributed by atoms with Crippen molar-refractivity contribution < 1.29 is 45.8 Å². The Hall–Kier alpha value is -1.74. The molecule has 0 spiro atoms. The van der Waals surface area contributed by atoms with Gasteiger partial charge in [0.15, 0.2) is 0 Å². The van der Waals surface area contributed by atoms with Crippen molar-refractivity contribution in [3.63, 3.8) is 0 Å². The first-order valence-electron chi connectivity index (χ1n) is 14.8. The van der Waals surface area contributed by atoms with E-state index in [0.29, 0.717) is 3.67 Å². The minimum absolute atomic E-state index is 0. The number of rotatable bonds is 4. The molecule has 5 heteroatoms. The van der Waals surface area contributed by atoms with Gasteiger partial charge in [-0.1, -0.05) is 0 Å². The first-order valence-corrected chi connectivity index (χ1v) is 21.3. The monoisotopic (exact) mass is 826 g/mol. The summed E-state index contributed by atoms with van der Waals surface area (Å²) >= 11 is 9.85. The molecule has 0 aromatic heterocycles. The molecule has 0 atom stereocenters. The summed E-state index contributed by atoms with van der Waals surface area (Å²) in [4.78, 5) is 0. The van der Waals surface area contributed by atoms with Crippen LogP contribution in [0.15, 0.2) is 106 Å². The fraction of sp³-hybridized carbons (Fsp3) is 0.256. The summed E-state index contributed by atoms with van der Waals surface area (Å²) in [6.45, 7) is 14.0. The SMILES string of the molecule is CC(C)(C)c1ccc2c(c1)[CH]([Hf+2]([C]1=CC=CC1)=[C](c1ccc(Cl)cc1)c1ccc(Cl)cc1)c1cc(C(C)(C)C)ccc1-2.[Cl-].[Cl-]. The minimum Gasteiger partial charge on any atom is -1.00 e. The third-order valence-electron chi connectivity index (χ3n) is 8.69. The Morgan fingerprint density at radius 2 is 1.07 bits per heavy atom. The molecule has 0 nitrogen and oxygen atoms in total. The van der Waals surface area contributed by atoms with E-state index in [0.717, 1.165) is 16.5 Å². The second-order valence-electron chi connectivity index (χ2n) is 13.7. The molecule has 0 aliphatic heterocycles. The molecule has 0 saturated heterocycles. The van der Waals surface area contributed by atoms with Gasteiger partial charge in [0.1, 0.15) is 0 Å². The van der Waals surface area contributed by atoms with E-state index >= 15 is 0 Å². The third kappa shape index (κ3) is 6.84. The van der Waals surface area contributed by atoms with Crippen molar-refractivity contribution in [2.75, 3.05) is 0 Å². The van der Waals surface area contributed by atoms with Crippen LogP contribution in [-0.4, -0.2) is 3.26 Å². The number of hydrogen-bond acceptors (Lipinski definition) is 0. The number of hydrogen-bond donors (Lipinski definition) is 0. The van der Waals surface area contributed by atoms with Gasteiger partial charge in [0.2, 0.25) is 0 Å². The second-order valence-corrected chi connectivity index (χ2v) is 23.7. The maximum Gasteiger partial charge on any atom is -1.00 e. The van der Waals surface area contributed by atoms with Crippen LogP contribution < -0.4 is 24.8 Å². The van der Waals surface area contributed by atoms with Crippen LogP contribution >= 0.6 is 23.2 Å². The fourth-order valence-corrected chi connectivity index (χ4v) is 19.7. The zero-order valence-electron chi connectivity index (χ0n) is 26.1. The van der Waals surface area contributed by atoms with Gasteiger partial charge in [0.25, 0.3) is 0 Å². The van der Waals surface area contributed by atoms with Crippen LogP contribution in [0.2, 0.25) is 10.0 Å². The maximum absolute atomic E-state index is 6.44. The van der Waals surface area contributed by atoms with Crippen molar-refractivity contribution in [3.05, 3.63) is 150 Å². The Labute approximate surface area is 293 Å². The van der Waals surface area contributed by atoms with E-state index in [1.807, 2.05) is 24.3 Å². The fourth-order valence-electron chi connectivity index (χ4n) is 6.35. The van der Waals surface area contributed by atoms with Crippen LogP contribution in [0.4, 0.5) is 0 Å². The molecule has 0 heterocycles. The van der Waals surface area contributed by atoms with Crippen molar-refractivity contribution in [2.24, 2.45) is 0 Å². The Kier molecular flexibility index (Phi) is 10.8. The molecule has 0 unspecified atom stereocenters. The quantitative estimate of drug-likeness (QED) is 0.242. The summed E-state index contributed by atoms with van der Waals surface area (Å²) in [7, 11) is 0. The largest absolute Gasteiger partial charge is 1.00 e. The van der Waals surface area contributed by atoms with Gasteiger partial charge in [-0.05, 0) is 0 Å². The Bertz CT molecular complexity index is 1650. The zero-order valence-corrected chi connectivity index (χ0v) is 32.7. The van der Waals surface area contributed by atoms with E-state index in [4.69, 9.17) is 23.2 Å². The number of allylic oxidation sites excluding steroid dienone is 4. The van der Waals surface area contributed by atoms with Crippen molar-refractivity contribution in [1.29, 1.82) is 0 Å². The Morgan fingerprint density at radius 1 is 0.636 bits per heavy atom. The predicted molar refractivity (Wildman–Crippen MR) is 179 cm³/mol.